The number of aromatic nitrogens is 1. The molecule has 3 aromatic rings. The average molecular weight is 366 g/mol. The van der Waals surface area contributed by atoms with E-state index in [-0.39, 0.29) is 23.9 Å². The molecular weight excluding hydrogens is 343 g/mol. The van der Waals surface area contributed by atoms with Gasteiger partial charge >= 0.3 is 0 Å². The number of amides is 1. The van der Waals surface area contributed by atoms with Gasteiger partial charge in [-0.3, -0.25) is 4.79 Å². The van der Waals surface area contributed by atoms with Crippen LogP contribution in [0.3, 0.4) is 0 Å². The Morgan fingerprint density at radius 2 is 1.74 bits per heavy atom. The van der Waals surface area contributed by atoms with Crippen molar-refractivity contribution < 1.29 is 13.9 Å². The number of benzene rings is 2. The van der Waals surface area contributed by atoms with Gasteiger partial charge in [-0.15, -0.1) is 0 Å². The first-order valence-electron chi connectivity index (χ1n) is 9.29. The summed E-state index contributed by atoms with van der Waals surface area (Å²) in [6.07, 6.45) is 0.00388. The molecule has 0 aliphatic carbocycles. The summed E-state index contributed by atoms with van der Waals surface area (Å²) >= 11 is 0. The zero-order valence-corrected chi connectivity index (χ0v) is 15.6. The summed E-state index contributed by atoms with van der Waals surface area (Å²) in [7, 11) is 0. The van der Waals surface area contributed by atoms with Gasteiger partial charge in [-0.2, -0.15) is 0 Å². The summed E-state index contributed by atoms with van der Waals surface area (Å²) in [6.45, 7) is 5.39. The van der Waals surface area contributed by atoms with Gasteiger partial charge < -0.3 is 14.2 Å². The maximum absolute atomic E-state index is 14.2. The van der Waals surface area contributed by atoms with Crippen LogP contribution in [0.5, 0.6) is 0 Å². The van der Waals surface area contributed by atoms with Gasteiger partial charge in [-0.25, -0.2) is 4.39 Å². The second-order valence-corrected chi connectivity index (χ2v) is 7.23. The van der Waals surface area contributed by atoms with E-state index in [9.17, 15) is 9.18 Å². The van der Waals surface area contributed by atoms with Crippen molar-refractivity contribution in [2.75, 3.05) is 13.1 Å². The number of nitrogens with zero attached hydrogens (tertiary/aromatic N) is 2. The number of ether oxygens (including phenoxy) is 1. The highest BCUT2D eigenvalue weighted by molar-refractivity contribution is 5.99. The lowest BCUT2D eigenvalue weighted by atomic mass is 10.2. The molecular formula is C22H23FN2O2. The van der Waals surface area contributed by atoms with Crippen molar-refractivity contribution in [3.63, 3.8) is 0 Å². The minimum absolute atomic E-state index is 0.00194. The van der Waals surface area contributed by atoms with Crippen LogP contribution in [-0.2, 0) is 11.3 Å². The smallest absolute Gasteiger partial charge is 0.270 e. The minimum atomic E-state index is -0.262. The summed E-state index contributed by atoms with van der Waals surface area (Å²) in [4.78, 5) is 15.2. The van der Waals surface area contributed by atoms with Crippen molar-refractivity contribution in [3.05, 3.63) is 71.7 Å². The molecule has 2 atom stereocenters. The lowest BCUT2D eigenvalue weighted by Gasteiger charge is -2.35. The van der Waals surface area contributed by atoms with Crippen LogP contribution in [-0.4, -0.2) is 40.7 Å². The van der Waals surface area contributed by atoms with E-state index in [1.807, 2.05) is 59.7 Å². The number of rotatable bonds is 3. The standard InChI is InChI=1S/C22H23FN2O2/c1-15-12-24(13-16(2)27-15)22(26)21-11-17-7-4-6-10-20(17)25(21)14-18-8-3-5-9-19(18)23/h3-11,15-16H,12-14H2,1-2H3/t15-,16-/m1/s1. The predicted octanol–water partition coefficient (Wildman–Crippen LogP) is 4.08. The highest BCUT2D eigenvalue weighted by atomic mass is 19.1. The van der Waals surface area contributed by atoms with E-state index in [1.54, 1.807) is 12.1 Å². The largest absolute Gasteiger partial charge is 0.372 e. The van der Waals surface area contributed by atoms with Crippen LogP contribution < -0.4 is 0 Å². The maximum atomic E-state index is 14.2. The molecule has 2 aromatic carbocycles. The van der Waals surface area contributed by atoms with Gasteiger partial charge in [-0.1, -0.05) is 36.4 Å². The van der Waals surface area contributed by atoms with Crippen molar-refractivity contribution >= 4 is 16.8 Å². The Hall–Kier alpha value is -2.66. The van der Waals surface area contributed by atoms with Gasteiger partial charge in [0.15, 0.2) is 0 Å². The zero-order chi connectivity index (χ0) is 19.0. The van der Waals surface area contributed by atoms with E-state index in [2.05, 4.69) is 0 Å². The van der Waals surface area contributed by atoms with Crippen LogP contribution in [0.1, 0.15) is 29.9 Å². The summed E-state index contributed by atoms with van der Waals surface area (Å²) < 4.78 is 21.9. The molecule has 1 amide bonds. The van der Waals surface area contributed by atoms with E-state index in [4.69, 9.17) is 4.74 Å². The third-order valence-corrected chi connectivity index (χ3v) is 5.02. The SMILES string of the molecule is C[C@@H]1CN(C(=O)c2cc3ccccc3n2Cc2ccccc2F)C[C@@H](C)O1. The Balaban J connectivity index is 1.76. The highest BCUT2D eigenvalue weighted by Gasteiger charge is 2.29. The first kappa shape index (κ1) is 17.7. The Labute approximate surface area is 158 Å². The molecule has 0 bridgehead atoms. The number of carbonyl (C=O) groups is 1. The molecule has 2 heterocycles. The normalized spacial score (nSPS) is 20.2. The molecule has 5 heteroatoms. The van der Waals surface area contributed by atoms with Crippen LogP contribution in [0.15, 0.2) is 54.6 Å². The van der Waals surface area contributed by atoms with Gasteiger partial charge in [0.1, 0.15) is 11.5 Å². The summed E-state index contributed by atoms with van der Waals surface area (Å²) in [5.74, 6) is -0.299. The lowest BCUT2D eigenvalue weighted by molar-refractivity contribution is -0.0588. The number of fused-ring (bicyclic) bond motifs is 1. The number of para-hydroxylation sites is 1. The van der Waals surface area contributed by atoms with Gasteiger partial charge in [0.25, 0.3) is 5.91 Å². The molecule has 4 rings (SSSR count). The third-order valence-electron chi connectivity index (χ3n) is 5.02. The summed E-state index contributed by atoms with van der Waals surface area (Å²) in [5.41, 5.74) is 2.08. The fourth-order valence-corrected chi connectivity index (χ4v) is 3.86. The maximum Gasteiger partial charge on any atom is 0.270 e. The molecule has 1 saturated heterocycles. The monoisotopic (exact) mass is 366 g/mol. The number of halogens is 1. The van der Waals surface area contributed by atoms with Gasteiger partial charge in [0, 0.05) is 29.6 Å². The second-order valence-electron chi connectivity index (χ2n) is 7.23. The Morgan fingerprint density at radius 3 is 2.48 bits per heavy atom. The van der Waals surface area contributed by atoms with Crippen LogP contribution >= 0.6 is 0 Å². The van der Waals surface area contributed by atoms with E-state index >= 15 is 0 Å². The molecule has 1 aromatic heterocycles. The van der Waals surface area contributed by atoms with Crippen molar-refractivity contribution in [2.24, 2.45) is 0 Å². The van der Waals surface area contributed by atoms with Crippen molar-refractivity contribution in [1.29, 1.82) is 0 Å². The lowest BCUT2D eigenvalue weighted by Crippen LogP contribution is -2.48. The molecule has 140 valence electrons. The number of carbonyl (C=O) groups excluding carboxylic acids is 1. The summed E-state index contributed by atoms with van der Waals surface area (Å²) in [5, 5.41) is 0.978. The van der Waals surface area contributed by atoms with E-state index in [0.717, 1.165) is 10.9 Å². The molecule has 1 aliphatic rings. The molecule has 0 N–H and O–H groups in total. The van der Waals surface area contributed by atoms with Crippen molar-refractivity contribution in [3.8, 4) is 0 Å². The molecule has 27 heavy (non-hydrogen) atoms. The topological polar surface area (TPSA) is 34.5 Å². The molecule has 1 fully saturated rings. The number of hydrogen-bond acceptors (Lipinski definition) is 2. The predicted molar refractivity (Wildman–Crippen MR) is 103 cm³/mol. The van der Waals surface area contributed by atoms with Crippen molar-refractivity contribution in [2.45, 2.75) is 32.6 Å². The third kappa shape index (κ3) is 3.47. The fourth-order valence-electron chi connectivity index (χ4n) is 3.86. The van der Waals surface area contributed by atoms with Crippen LogP contribution in [0.4, 0.5) is 4.39 Å². The fraction of sp³-hybridized carbons (Fsp3) is 0.318. The molecule has 0 unspecified atom stereocenters. The quantitative estimate of drug-likeness (QED) is 0.700. The van der Waals surface area contributed by atoms with E-state index in [0.29, 0.717) is 30.9 Å². The summed E-state index contributed by atoms with van der Waals surface area (Å²) in [6, 6.07) is 16.4. The van der Waals surface area contributed by atoms with Gasteiger partial charge in [-0.05, 0) is 32.0 Å². The number of morpholine rings is 1. The van der Waals surface area contributed by atoms with E-state index < -0.39 is 0 Å². The molecule has 0 radical (unpaired) electrons. The molecule has 4 nitrogen and oxygen atoms in total. The first-order valence-corrected chi connectivity index (χ1v) is 9.29. The van der Waals surface area contributed by atoms with Crippen LogP contribution in [0.2, 0.25) is 0 Å². The first-order chi connectivity index (χ1) is 13.0. The van der Waals surface area contributed by atoms with Gasteiger partial charge in [0.2, 0.25) is 0 Å². The molecule has 0 spiro atoms. The Morgan fingerprint density at radius 1 is 1.07 bits per heavy atom. The van der Waals surface area contributed by atoms with Gasteiger partial charge in [0.05, 0.1) is 18.8 Å². The van der Waals surface area contributed by atoms with Crippen LogP contribution in [0.25, 0.3) is 10.9 Å². The van der Waals surface area contributed by atoms with Crippen LogP contribution in [0, 0.1) is 5.82 Å². The Bertz CT molecular complexity index is 971. The zero-order valence-electron chi connectivity index (χ0n) is 15.6. The second kappa shape index (κ2) is 7.16. The van der Waals surface area contributed by atoms with Crippen molar-refractivity contribution in [1.82, 2.24) is 9.47 Å². The minimum Gasteiger partial charge on any atom is -0.372 e. The molecule has 1 aliphatic heterocycles. The average Bonchev–Trinajstić information content (AvgIpc) is 3.01. The van der Waals surface area contributed by atoms with E-state index in [1.165, 1.54) is 6.07 Å². The Kier molecular flexibility index (Phi) is 4.70. The number of hydrogen-bond donors (Lipinski definition) is 0. The molecule has 0 saturated carbocycles. The highest BCUT2D eigenvalue weighted by Crippen LogP contribution is 2.24.